The number of pyridine rings is 1. The van der Waals surface area contributed by atoms with E-state index in [1.54, 1.807) is 19.2 Å². The Balaban J connectivity index is 2.35. The summed E-state index contributed by atoms with van der Waals surface area (Å²) in [6, 6.07) is 7.73. The molecule has 0 aliphatic heterocycles. The lowest BCUT2D eigenvalue weighted by atomic mass is 10.2. The summed E-state index contributed by atoms with van der Waals surface area (Å²) in [5.41, 5.74) is 11.3. The monoisotopic (exact) mass is 398 g/mol. The number of nitrogens with two attached hydrogens (primary N) is 2. The number of aromatic nitrogens is 1. The quantitative estimate of drug-likeness (QED) is 0.372. The van der Waals surface area contributed by atoms with Gasteiger partial charge in [-0.3, -0.25) is 9.59 Å². The van der Waals surface area contributed by atoms with Crippen LogP contribution >= 0.6 is 0 Å². The SMILES string of the molecule is COCC(C)Oc1cc(Oc2ccc(C=O)nc2)cc(C(=O)N=C(N)/C=C\N)c1. The van der Waals surface area contributed by atoms with E-state index in [2.05, 4.69) is 9.98 Å². The zero-order valence-corrected chi connectivity index (χ0v) is 16.1. The number of carbonyl (C=O) groups excluding carboxylic acids is 2. The Bertz CT molecular complexity index is 910. The molecular weight excluding hydrogens is 376 g/mol. The summed E-state index contributed by atoms with van der Waals surface area (Å²) in [5.74, 6) is 0.456. The molecule has 1 heterocycles. The fourth-order valence-corrected chi connectivity index (χ4v) is 2.30. The van der Waals surface area contributed by atoms with Crippen molar-refractivity contribution < 1.29 is 23.8 Å². The smallest absolute Gasteiger partial charge is 0.279 e. The second kappa shape index (κ2) is 10.6. The fraction of sp³-hybridized carbons (Fsp3) is 0.200. The molecule has 1 aromatic carbocycles. The van der Waals surface area contributed by atoms with Crippen molar-refractivity contribution in [3.63, 3.8) is 0 Å². The van der Waals surface area contributed by atoms with Gasteiger partial charge in [0.2, 0.25) is 0 Å². The molecule has 9 nitrogen and oxygen atoms in total. The highest BCUT2D eigenvalue weighted by atomic mass is 16.5. The minimum Gasteiger partial charge on any atom is -0.488 e. The van der Waals surface area contributed by atoms with Gasteiger partial charge in [0.25, 0.3) is 5.91 Å². The number of rotatable bonds is 9. The lowest BCUT2D eigenvalue weighted by Gasteiger charge is -2.15. The largest absolute Gasteiger partial charge is 0.488 e. The maximum Gasteiger partial charge on any atom is 0.279 e. The Morgan fingerprint density at radius 2 is 2.00 bits per heavy atom. The van der Waals surface area contributed by atoms with Crippen molar-refractivity contribution in [1.82, 2.24) is 4.98 Å². The van der Waals surface area contributed by atoms with Gasteiger partial charge >= 0.3 is 0 Å². The van der Waals surface area contributed by atoms with Crippen molar-refractivity contribution in [3.05, 3.63) is 60.1 Å². The molecule has 2 aromatic rings. The molecule has 0 fully saturated rings. The molecule has 0 aliphatic carbocycles. The summed E-state index contributed by atoms with van der Waals surface area (Å²) in [5, 5.41) is 0. The number of nitrogens with zero attached hydrogens (tertiary/aromatic N) is 2. The molecule has 1 atom stereocenters. The van der Waals surface area contributed by atoms with Crippen LogP contribution in [0, 0.1) is 0 Å². The number of carbonyl (C=O) groups is 2. The van der Waals surface area contributed by atoms with Gasteiger partial charge in [-0.1, -0.05) is 0 Å². The van der Waals surface area contributed by atoms with E-state index in [1.807, 2.05) is 6.92 Å². The predicted octanol–water partition coefficient (Wildman–Crippen LogP) is 2.07. The Morgan fingerprint density at radius 1 is 1.24 bits per heavy atom. The van der Waals surface area contributed by atoms with Crippen molar-refractivity contribution >= 4 is 18.0 Å². The molecule has 0 aliphatic rings. The number of amides is 1. The van der Waals surface area contributed by atoms with E-state index in [0.717, 1.165) is 0 Å². The zero-order valence-electron chi connectivity index (χ0n) is 16.1. The summed E-state index contributed by atoms with van der Waals surface area (Å²) < 4.78 is 16.6. The van der Waals surface area contributed by atoms with E-state index in [4.69, 9.17) is 25.7 Å². The van der Waals surface area contributed by atoms with Crippen LogP contribution in [0.1, 0.15) is 27.8 Å². The standard InChI is InChI=1S/C20H22N4O5/c1-13(12-27-2)28-17-7-14(20(26)24-19(22)5-6-21)8-18(9-17)29-16-4-3-15(11-25)23-10-16/h3-11,13H,12,21H2,1-2H3,(H2,22,24,26)/b6-5-. The Labute approximate surface area is 168 Å². The summed E-state index contributed by atoms with van der Waals surface area (Å²) in [7, 11) is 1.56. The van der Waals surface area contributed by atoms with Gasteiger partial charge in [0.15, 0.2) is 6.29 Å². The maximum atomic E-state index is 12.5. The number of methoxy groups -OCH3 is 1. The normalized spacial score (nSPS) is 12.6. The highest BCUT2D eigenvalue weighted by molar-refractivity contribution is 6.06. The minimum absolute atomic E-state index is 0.0345. The van der Waals surface area contributed by atoms with Crippen LogP contribution in [0.15, 0.2) is 53.8 Å². The van der Waals surface area contributed by atoms with Crippen LogP contribution < -0.4 is 20.9 Å². The summed E-state index contributed by atoms with van der Waals surface area (Å²) in [6.07, 6.45) is 4.25. The highest BCUT2D eigenvalue weighted by Gasteiger charge is 2.13. The van der Waals surface area contributed by atoms with E-state index < -0.39 is 5.91 Å². The Kier molecular flexibility index (Phi) is 7.87. The molecule has 4 N–H and O–H groups in total. The van der Waals surface area contributed by atoms with Gasteiger partial charge in [-0.2, -0.15) is 4.99 Å². The number of aliphatic imine (C=N–C) groups is 1. The number of benzene rings is 1. The van der Waals surface area contributed by atoms with Crippen LogP contribution in [0.4, 0.5) is 0 Å². The average molecular weight is 398 g/mol. The molecule has 1 amide bonds. The molecule has 0 spiro atoms. The molecule has 29 heavy (non-hydrogen) atoms. The highest BCUT2D eigenvalue weighted by Crippen LogP contribution is 2.28. The molecule has 2 rings (SSSR count). The molecule has 152 valence electrons. The molecule has 1 unspecified atom stereocenters. The summed E-state index contributed by atoms with van der Waals surface area (Å²) in [6.45, 7) is 2.18. The van der Waals surface area contributed by atoms with Crippen molar-refractivity contribution in [2.45, 2.75) is 13.0 Å². The first-order valence-electron chi connectivity index (χ1n) is 8.61. The summed E-state index contributed by atoms with van der Waals surface area (Å²) in [4.78, 5) is 30.9. The topological polar surface area (TPSA) is 139 Å². The van der Waals surface area contributed by atoms with Crippen molar-refractivity contribution in [2.75, 3.05) is 13.7 Å². The lowest BCUT2D eigenvalue weighted by molar-refractivity contribution is 0.0915. The predicted molar refractivity (Wildman–Crippen MR) is 107 cm³/mol. The van der Waals surface area contributed by atoms with Gasteiger partial charge in [0, 0.05) is 18.7 Å². The van der Waals surface area contributed by atoms with Crippen molar-refractivity contribution in [2.24, 2.45) is 16.5 Å². The molecule has 0 radical (unpaired) electrons. The van der Waals surface area contributed by atoms with Crippen LogP contribution in [-0.4, -0.2) is 42.8 Å². The first-order valence-corrected chi connectivity index (χ1v) is 8.61. The average Bonchev–Trinajstić information content (AvgIpc) is 2.68. The molecule has 0 saturated carbocycles. The van der Waals surface area contributed by atoms with Crippen LogP contribution in [0.3, 0.4) is 0 Å². The van der Waals surface area contributed by atoms with E-state index in [-0.39, 0.29) is 23.2 Å². The van der Waals surface area contributed by atoms with E-state index in [0.29, 0.717) is 30.1 Å². The lowest BCUT2D eigenvalue weighted by Crippen LogP contribution is -2.18. The van der Waals surface area contributed by atoms with Gasteiger partial charge in [0.1, 0.15) is 34.9 Å². The number of hydrogen-bond donors (Lipinski definition) is 2. The second-order valence-corrected chi connectivity index (χ2v) is 5.92. The Hall–Kier alpha value is -3.72. The van der Waals surface area contributed by atoms with Gasteiger partial charge < -0.3 is 25.7 Å². The molecule has 9 heteroatoms. The molecule has 1 aromatic heterocycles. The van der Waals surface area contributed by atoms with Crippen LogP contribution in [0.25, 0.3) is 0 Å². The van der Waals surface area contributed by atoms with E-state index >= 15 is 0 Å². The third kappa shape index (κ3) is 6.74. The molecular formula is C20H22N4O5. The molecule has 0 bridgehead atoms. The molecule has 0 saturated heterocycles. The van der Waals surface area contributed by atoms with Gasteiger partial charge in [0.05, 0.1) is 12.8 Å². The Morgan fingerprint density at radius 3 is 2.62 bits per heavy atom. The third-order valence-corrected chi connectivity index (χ3v) is 3.48. The number of amidine groups is 1. The van der Waals surface area contributed by atoms with Gasteiger partial charge in [-0.05, 0) is 43.5 Å². The van der Waals surface area contributed by atoms with Gasteiger partial charge in [-0.15, -0.1) is 0 Å². The van der Waals surface area contributed by atoms with E-state index in [1.165, 1.54) is 36.7 Å². The maximum absolute atomic E-state index is 12.5. The minimum atomic E-state index is -0.593. The zero-order chi connectivity index (χ0) is 21.2. The number of ether oxygens (including phenoxy) is 3. The number of aldehydes is 1. The van der Waals surface area contributed by atoms with E-state index in [9.17, 15) is 9.59 Å². The second-order valence-electron chi connectivity index (χ2n) is 5.92. The van der Waals surface area contributed by atoms with Crippen molar-refractivity contribution in [1.29, 1.82) is 0 Å². The summed E-state index contributed by atoms with van der Waals surface area (Å²) >= 11 is 0. The van der Waals surface area contributed by atoms with Crippen LogP contribution in [0.2, 0.25) is 0 Å². The third-order valence-electron chi connectivity index (χ3n) is 3.48. The number of hydrogen-bond acceptors (Lipinski definition) is 7. The first-order chi connectivity index (χ1) is 13.9. The van der Waals surface area contributed by atoms with Crippen molar-refractivity contribution in [3.8, 4) is 17.2 Å². The first kappa shape index (κ1) is 21.6. The van der Waals surface area contributed by atoms with Gasteiger partial charge in [-0.25, -0.2) is 4.98 Å². The van der Waals surface area contributed by atoms with Crippen LogP contribution in [0.5, 0.6) is 17.2 Å². The van der Waals surface area contributed by atoms with Crippen LogP contribution in [-0.2, 0) is 4.74 Å². The fourth-order valence-electron chi connectivity index (χ4n) is 2.30.